The molecule has 0 amide bonds. The molecular formula is C11H13N5O4. The number of H-pyrrole nitrogens is 1. The number of aliphatic hydroxyl groups is 3. The second-order valence-corrected chi connectivity index (χ2v) is 5.24. The number of nitrogens with one attached hydrogen (secondary N) is 1. The second-order valence-electron chi connectivity index (χ2n) is 5.24. The van der Waals surface area contributed by atoms with Crippen LogP contribution in [0.25, 0.3) is 11.0 Å². The van der Waals surface area contributed by atoms with E-state index in [2.05, 4.69) is 20.2 Å². The number of hydrogen-bond acceptors (Lipinski definition) is 8. The molecule has 20 heavy (non-hydrogen) atoms. The van der Waals surface area contributed by atoms with Crippen LogP contribution in [-0.4, -0.2) is 59.4 Å². The van der Waals surface area contributed by atoms with Gasteiger partial charge in [0.1, 0.15) is 35.8 Å². The Morgan fingerprint density at radius 3 is 2.70 bits per heavy atom. The summed E-state index contributed by atoms with van der Waals surface area (Å²) in [5, 5.41) is 36.5. The Hall–Kier alpha value is -1.81. The summed E-state index contributed by atoms with van der Waals surface area (Å²) in [4.78, 5) is 7.90. The van der Waals surface area contributed by atoms with Crippen molar-refractivity contribution in [3.8, 4) is 0 Å². The molecule has 2 unspecified atom stereocenters. The van der Waals surface area contributed by atoms with Crippen LogP contribution < -0.4 is 5.73 Å². The summed E-state index contributed by atoms with van der Waals surface area (Å²) in [6.07, 6.45) is -2.36. The highest BCUT2D eigenvalue weighted by Crippen LogP contribution is 2.54. The number of aromatic amines is 1. The first-order chi connectivity index (χ1) is 9.54. The average molecular weight is 279 g/mol. The summed E-state index contributed by atoms with van der Waals surface area (Å²) in [6, 6.07) is 0. The zero-order chi connectivity index (χ0) is 14.1. The molecule has 4 rings (SSSR count). The van der Waals surface area contributed by atoms with Crippen molar-refractivity contribution in [2.45, 2.75) is 36.4 Å². The van der Waals surface area contributed by atoms with Gasteiger partial charge >= 0.3 is 0 Å². The van der Waals surface area contributed by atoms with Gasteiger partial charge in [-0.2, -0.15) is 5.10 Å². The van der Waals surface area contributed by atoms with Gasteiger partial charge in [0.2, 0.25) is 0 Å². The molecule has 1 saturated carbocycles. The molecule has 6 N–H and O–H groups in total. The number of anilines is 1. The number of nitrogens with zero attached hydrogens (tertiary/aromatic N) is 3. The Balaban J connectivity index is 1.79. The summed E-state index contributed by atoms with van der Waals surface area (Å²) < 4.78 is 5.67. The first kappa shape index (κ1) is 12.0. The lowest BCUT2D eigenvalue weighted by atomic mass is 10.0. The van der Waals surface area contributed by atoms with Crippen LogP contribution in [0, 0.1) is 0 Å². The van der Waals surface area contributed by atoms with Gasteiger partial charge in [-0.25, -0.2) is 9.97 Å². The van der Waals surface area contributed by atoms with E-state index in [0.717, 1.165) is 0 Å². The smallest absolute Gasteiger partial charge is 0.155 e. The molecule has 106 valence electrons. The number of aliphatic hydroxyl groups excluding tert-OH is 3. The standard InChI is InChI=1S/C11H13N5O4/c12-10-6-4(13-2-14-10)5(15-16-6)8-7(18)9(19)11(20-8)1-3(11)17/h2-3,7-9,17-19H,1H2,(H,15,16)(H2,12,13,14)/t3?,7-,8-,9-,11?/m0/s1. The fourth-order valence-electron chi connectivity index (χ4n) is 2.82. The van der Waals surface area contributed by atoms with Gasteiger partial charge in [-0.3, -0.25) is 5.10 Å². The van der Waals surface area contributed by atoms with Crippen molar-refractivity contribution < 1.29 is 20.1 Å². The number of hydrogen-bond donors (Lipinski definition) is 5. The van der Waals surface area contributed by atoms with Gasteiger partial charge in [-0.1, -0.05) is 0 Å². The minimum atomic E-state index is -1.17. The molecule has 1 aliphatic heterocycles. The van der Waals surface area contributed by atoms with E-state index >= 15 is 0 Å². The predicted molar refractivity (Wildman–Crippen MR) is 65.3 cm³/mol. The van der Waals surface area contributed by atoms with Crippen LogP contribution in [0.15, 0.2) is 6.33 Å². The molecule has 2 fully saturated rings. The van der Waals surface area contributed by atoms with E-state index in [4.69, 9.17) is 10.5 Å². The molecule has 0 radical (unpaired) electrons. The van der Waals surface area contributed by atoms with E-state index in [1.165, 1.54) is 6.33 Å². The summed E-state index contributed by atoms with van der Waals surface area (Å²) >= 11 is 0. The molecule has 0 aromatic carbocycles. The van der Waals surface area contributed by atoms with Gasteiger partial charge < -0.3 is 25.8 Å². The zero-order valence-corrected chi connectivity index (χ0v) is 10.3. The summed E-state index contributed by atoms with van der Waals surface area (Å²) in [5.74, 6) is 0.215. The largest absolute Gasteiger partial charge is 0.390 e. The number of aromatic nitrogens is 4. The van der Waals surface area contributed by atoms with Crippen molar-refractivity contribution in [3.63, 3.8) is 0 Å². The quantitative estimate of drug-likeness (QED) is 0.411. The van der Waals surface area contributed by atoms with Crippen LogP contribution in [0.5, 0.6) is 0 Å². The van der Waals surface area contributed by atoms with Crippen molar-refractivity contribution in [3.05, 3.63) is 12.0 Å². The molecule has 2 aliphatic rings. The highest BCUT2D eigenvalue weighted by molar-refractivity contribution is 5.85. The monoisotopic (exact) mass is 279 g/mol. The SMILES string of the molecule is Nc1ncnc2c([C@@H]3OC4(CC4O)[C@@H](O)[C@H]3O)[nH]nc12. The lowest BCUT2D eigenvalue weighted by molar-refractivity contribution is -0.0385. The maximum absolute atomic E-state index is 10.1. The number of fused-ring (bicyclic) bond motifs is 1. The summed E-state index contributed by atoms with van der Waals surface area (Å²) in [5.41, 5.74) is 5.83. The first-order valence-electron chi connectivity index (χ1n) is 6.21. The Kier molecular flexibility index (Phi) is 2.18. The van der Waals surface area contributed by atoms with Crippen LogP contribution in [0.2, 0.25) is 0 Å². The number of nitrogen functional groups attached to an aromatic ring is 1. The van der Waals surface area contributed by atoms with Crippen molar-refractivity contribution in [2.75, 3.05) is 5.73 Å². The third kappa shape index (κ3) is 1.32. The van der Waals surface area contributed by atoms with Gasteiger partial charge in [0.25, 0.3) is 0 Å². The minimum Gasteiger partial charge on any atom is -0.390 e. The van der Waals surface area contributed by atoms with E-state index in [1.54, 1.807) is 0 Å². The van der Waals surface area contributed by atoms with E-state index in [9.17, 15) is 15.3 Å². The maximum atomic E-state index is 10.1. The van der Waals surface area contributed by atoms with E-state index in [0.29, 0.717) is 23.1 Å². The van der Waals surface area contributed by atoms with Gasteiger partial charge in [0.05, 0.1) is 11.8 Å². The zero-order valence-electron chi connectivity index (χ0n) is 10.3. The molecule has 9 nitrogen and oxygen atoms in total. The molecule has 0 bridgehead atoms. The van der Waals surface area contributed by atoms with Gasteiger partial charge in [-0.15, -0.1) is 0 Å². The van der Waals surface area contributed by atoms with Crippen molar-refractivity contribution in [1.29, 1.82) is 0 Å². The van der Waals surface area contributed by atoms with Gasteiger partial charge in [0.15, 0.2) is 11.3 Å². The van der Waals surface area contributed by atoms with E-state index < -0.39 is 30.0 Å². The Morgan fingerprint density at radius 2 is 2.05 bits per heavy atom. The second kappa shape index (κ2) is 3.64. The van der Waals surface area contributed by atoms with E-state index in [-0.39, 0.29) is 5.82 Å². The lowest BCUT2D eigenvalue weighted by Gasteiger charge is -2.12. The first-order valence-corrected chi connectivity index (χ1v) is 6.21. The fourth-order valence-corrected chi connectivity index (χ4v) is 2.82. The van der Waals surface area contributed by atoms with Crippen LogP contribution in [0.4, 0.5) is 5.82 Å². The summed E-state index contributed by atoms with van der Waals surface area (Å²) in [6.45, 7) is 0. The fraction of sp³-hybridized carbons (Fsp3) is 0.545. The average Bonchev–Trinajstić information content (AvgIpc) is 2.80. The maximum Gasteiger partial charge on any atom is 0.155 e. The van der Waals surface area contributed by atoms with Crippen molar-refractivity contribution >= 4 is 16.9 Å². The van der Waals surface area contributed by atoms with Crippen LogP contribution in [0.1, 0.15) is 18.2 Å². The normalized spacial score (nSPS) is 39.8. The van der Waals surface area contributed by atoms with Gasteiger partial charge in [0, 0.05) is 6.42 Å². The van der Waals surface area contributed by atoms with Gasteiger partial charge in [-0.05, 0) is 0 Å². The molecule has 2 aromatic rings. The lowest BCUT2D eigenvalue weighted by Crippen LogP contribution is -2.34. The highest BCUT2D eigenvalue weighted by atomic mass is 16.6. The van der Waals surface area contributed by atoms with Crippen LogP contribution in [0.3, 0.4) is 0 Å². The molecular weight excluding hydrogens is 266 g/mol. The van der Waals surface area contributed by atoms with E-state index in [1.807, 2.05) is 0 Å². The highest BCUT2D eigenvalue weighted by Gasteiger charge is 2.69. The number of rotatable bonds is 1. The minimum absolute atomic E-state index is 0.215. The number of ether oxygens (including phenoxy) is 1. The van der Waals surface area contributed by atoms with Crippen LogP contribution in [-0.2, 0) is 4.74 Å². The molecule has 9 heteroatoms. The molecule has 1 saturated heterocycles. The van der Waals surface area contributed by atoms with Crippen molar-refractivity contribution in [1.82, 2.24) is 20.2 Å². The molecule has 5 atom stereocenters. The van der Waals surface area contributed by atoms with Crippen LogP contribution >= 0.6 is 0 Å². The molecule has 1 aliphatic carbocycles. The van der Waals surface area contributed by atoms with Crippen molar-refractivity contribution in [2.24, 2.45) is 0 Å². The number of nitrogens with two attached hydrogens (primary N) is 1. The topological polar surface area (TPSA) is 150 Å². The molecule has 3 heterocycles. The summed E-state index contributed by atoms with van der Waals surface area (Å²) in [7, 11) is 0. The molecule has 2 aromatic heterocycles. The Morgan fingerprint density at radius 1 is 1.30 bits per heavy atom. The Labute approximate surface area is 112 Å². The molecule has 1 spiro atoms. The third-order valence-electron chi connectivity index (χ3n) is 4.08. The predicted octanol–water partition coefficient (Wildman–Crippen LogP) is -1.77. The third-order valence-corrected chi connectivity index (χ3v) is 4.08. The Bertz CT molecular complexity index is 691.